The number of thioether (sulfide) groups is 1. The van der Waals surface area contributed by atoms with Crippen molar-refractivity contribution in [3.8, 4) is 5.75 Å². The molecule has 0 aliphatic heterocycles. The summed E-state index contributed by atoms with van der Waals surface area (Å²) in [4.78, 5) is 15.3. The van der Waals surface area contributed by atoms with Gasteiger partial charge < -0.3 is 9.84 Å². The number of carbonyl (C=O) groups is 1. The summed E-state index contributed by atoms with van der Waals surface area (Å²) < 4.78 is 10.6. The fraction of sp³-hybridized carbons (Fsp3) is 0.308. The van der Waals surface area contributed by atoms with Gasteiger partial charge in [-0.3, -0.25) is 0 Å². The van der Waals surface area contributed by atoms with E-state index in [1.54, 1.807) is 30.0 Å². The van der Waals surface area contributed by atoms with Gasteiger partial charge in [0.2, 0.25) is 0 Å². The van der Waals surface area contributed by atoms with Crippen LogP contribution in [-0.2, 0) is 6.42 Å². The zero-order valence-corrected chi connectivity index (χ0v) is 12.5. The lowest BCUT2D eigenvalue weighted by atomic mass is 10.2. The van der Waals surface area contributed by atoms with Crippen molar-refractivity contribution < 1.29 is 14.6 Å². The van der Waals surface area contributed by atoms with Gasteiger partial charge in [0.15, 0.2) is 4.34 Å². The molecule has 0 spiro atoms. The van der Waals surface area contributed by atoms with Gasteiger partial charge in [-0.05, 0) is 23.7 Å². The van der Waals surface area contributed by atoms with Crippen LogP contribution in [0.15, 0.2) is 28.6 Å². The van der Waals surface area contributed by atoms with Crippen LogP contribution in [0, 0.1) is 0 Å². The summed E-state index contributed by atoms with van der Waals surface area (Å²) in [6.45, 7) is 2.44. The molecule has 0 amide bonds. The molecule has 2 aromatic rings. The average molecular weight is 310 g/mol. The lowest BCUT2D eigenvalue weighted by Crippen LogP contribution is -2.05. The van der Waals surface area contributed by atoms with Crippen molar-refractivity contribution in [3.63, 3.8) is 0 Å². The Bertz CT molecular complexity index is 587. The molecule has 0 bridgehead atoms. The number of hydrogen-bond donors (Lipinski definition) is 1. The molecule has 0 radical (unpaired) electrons. The van der Waals surface area contributed by atoms with E-state index in [0.29, 0.717) is 18.1 Å². The number of aromatic carboxylic acids is 1. The van der Waals surface area contributed by atoms with Crippen LogP contribution in [0.3, 0.4) is 0 Å². The Labute approximate surface area is 125 Å². The quantitative estimate of drug-likeness (QED) is 0.626. The Morgan fingerprint density at radius 3 is 2.95 bits per heavy atom. The van der Waals surface area contributed by atoms with E-state index >= 15 is 0 Å². The van der Waals surface area contributed by atoms with Gasteiger partial charge in [0.25, 0.3) is 0 Å². The Hall–Kier alpha value is -1.60. The zero-order chi connectivity index (χ0) is 14.4. The highest BCUT2D eigenvalue weighted by Gasteiger charge is 2.10. The molecule has 20 heavy (non-hydrogen) atoms. The van der Waals surface area contributed by atoms with E-state index in [1.165, 1.54) is 17.6 Å². The minimum absolute atomic E-state index is 0.182. The maximum absolute atomic E-state index is 11.0. The molecule has 106 valence electrons. The monoisotopic (exact) mass is 310 g/mol. The molecule has 0 aliphatic rings. The highest BCUT2D eigenvalue weighted by Crippen LogP contribution is 2.22. The van der Waals surface area contributed by atoms with Crippen LogP contribution in [0.1, 0.15) is 23.1 Å². The summed E-state index contributed by atoms with van der Waals surface area (Å²) in [5.41, 5.74) is 0.182. The first-order chi connectivity index (χ1) is 9.70. The van der Waals surface area contributed by atoms with Gasteiger partial charge in [-0.25, -0.2) is 9.78 Å². The van der Waals surface area contributed by atoms with Crippen LogP contribution in [0.5, 0.6) is 5.75 Å². The second-order valence-electron chi connectivity index (χ2n) is 3.83. The summed E-state index contributed by atoms with van der Waals surface area (Å²) in [6, 6.07) is 6.63. The van der Waals surface area contributed by atoms with Crippen LogP contribution < -0.4 is 4.74 Å². The largest absolute Gasteiger partial charge is 0.492 e. The Balaban J connectivity index is 1.83. The van der Waals surface area contributed by atoms with Gasteiger partial charge >= 0.3 is 5.97 Å². The first-order valence-electron chi connectivity index (χ1n) is 6.11. The maximum atomic E-state index is 11.0. The summed E-state index contributed by atoms with van der Waals surface area (Å²) in [6.07, 6.45) is 0.833. The number of rotatable bonds is 7. The predicted octanol–water partition coefficient (Wildman–Crippen LogP) is 2.97. The smallest absolute Gasteiger partial charge is 0.339 e. The molecule has 0 atom stereocenters. The molecular weight excluding hydrogens is 296 g/mol. The van der Waals surface area contributed by atoms with E-state index in [4.69, 9.17) is 9.84 Å². The van der Waals surface area contributed by atoms with Crippen LogP contribution >= 0.6 is 23.3 Å². The van der Waals surface area contributed by atoms with Gasteiger partial charge in [0.05, 0.1) is 6.61 Å². The number of ether oxygens (including phenoxy) is 1. The van der Waals surface area contributed by atoms with Crippen molar-refractivity contribution >= 4 is 29.3 Å². The van der Waals surface area contributed by atoms with Crippen LogP contribution in [0.2, 0.25) is 0 Å². The molecular formula is C13H14N2O3S2. The van der Waals surface area contributed by atoms with E-state index in [-0.39, 0.29) is 5.56 Å². The van der Waals surface area contributed by atoms with Crippen LogP contribution in [0.25, 0.3) is 0 Å². The SMILES string of the molecule is CCc1nsc(SCCOc2ccccc2C(=O)O)n1. The molecule has 7 heteroatoms. The number of aryl methyl sites for hydroxylation is 1. The number of para-hydroxylation sites is 1. The molecule has 2 rings (SSSR count). The number of carboxylic acids is 1. The van der Waals surface area contributed by atoms with Crippen LogP contribution in [0.4, 0.5) is 0 Å². The van der Waals surface area contributed by atoms with Gasteiger partial charge in [-0.2, -0.15) is 4.37 Å². The highest BCUT2D eigenvalue weighted by molar-refractivity contribution is 8.00. The molecule has 1 aromatic carbocycles. The van der Waals surface area contributed by atoms with Gasteiger partial charge in [0.1, 0.15) is 17.1 Å². The predicted molar refractivity (Wildman–Crippen MR) is 78.9 cm³/mol. The first kappa shape index (κ1) is 14.8. The minimum Gasteiger partial charge on any atom is -0.492 e. The van der Waals surface area contributed by atoms with E-state index < -0.39 is 5.97 Å². The first-order valence-corrected chi connectivity index (χ1v) is 7.87. The highest BCUT2D eigenvalue weighted by atomic mass is 32.2. The number of carboxylic acid groups (broad SMARTS) is 1. The Morgan fingerprint density at radius 1 is 1.45 bits per heavy atom. The van der Waals surface area contributed by atoms with Crippen molar-refractivity contribution in [3.05, 3.63) is 35.7 Å². The second kappa shape index (κ2) is 7.25. The normalized spacial score (nSPS) is 10.4. The fourth-order valence-electron chi connectivity index (χ4n) is 1.49. The number of aromatic nitrogens is 2. The third-order valence-electron chi connectivity index (χ3n) is 2.45. The molecule has 0 fully saturated rings. The molecule has 0 aliphatic carbocycles. The zero-order valence-electron chi connectivity index (χ0n) is 10.9. The summed E-state index contributed by atoms with van der Waals surface area (Å²) >= 11 is 2.94. The lowest BCUT2D eigenvalue weighted by Gasteiger charge is -2.07. The number of hydrogen-bond acceptors (Lipinski definition) is 6. The molecule has 1 aromatic heterocycles. The van der Waals surface area contributed by atoms with Crippen molar-refractivity contribution in [2.75, 3.05) is 12.4 Å². The summed E-state index contributed by atoms with van der Waals surface area (Å²) in [5, 5.41) is 9.03. The third kappa shape index (κ3) is 3.94. The van der Waals surface area contributed by atoms with E-state index in [1.807, 2.05) is 6.92 Å². The second-order valence-corrected chi connectivity index (χ2v) is 5.92. The van der Waals surface area contributed by atoms with Crippen molar-refractivity contribution in [1.29, 1.82) is 0 Å². The maximum Gasteiger partial charge on any atom is 0.339 e. The van der Waals surface area contributed by atoms with E-state index in [2.05, 4.69) is 9.36 Å². The molecule has 1 heterocycles. The third-order valence-corrected chi connectivity index (χ3v) is 4.29. The lowest BCUT2D eigenvalue weighted by molar-refractivity contribution is 0.0692. The average Bonchev–Trinajstić information content (AvgIpc) is 2.92. The molecule has 1 N–H and O–H groups in total. The minimum atomic E-state index is -0.982. The summed E-state index contributed by atoms with van der Waals surface area (Å²) in [7, 11) is 0. The van der Waals surface area contributed by atoms with Crippen molar-refractivity contribution in [1.82, 2.24) is 9.36 Å². The number of nitrogens with zero attached hydrogens (tertiary/aromatic N) is 2. The van der Waals surface area contributed by atoms with Gasteiger partial charge in [0, 0.05) is 12.2 Å². The molecule has 0 unspecified atom stereocenters. The topological polar surface area (TPSA) is 72.3 Å². The van der Waals surface area contributed by atoms with Crippen molar-refractivity contribution in [2.24, 2.45) is 0 Å². The standard InChI is InChI=1S/C13H14N2O3S2/c1-2-11-14-13(20-15-11)19-8-7-18-10-6-4-3-5-9(10)12(16)17/h3-6H,2,7-8H2,1H3,(H,16,17). The van der Waals surface area contributed by atoms with E-state index in [0.717, 1.165) is 16.6 Å². The Morgan fingerprint density at radius 2 is 2.25 bits per heavy atom. The van der Waals surface area contributed by atoms with Crippen LogP contribution in [-0.4, -0.2) is 32.8 Å². The van der Waals surface area contributed by atoms with Crippen molar-refractivity contribution in [2.45, 2.75) is 17.7 Å². The molecule has 0 saturated heterocycles. The number of benzene rings is 1. The van der Waals surface area contributed by atoms with E-state index in [9.17, 15) is 4.79 Å². The van der Waals surface area contributed by atoms with Gasteiger partial charge in [-0.15, -0.1) is 0 Å². The molecule has 0 saturated carbocycles. The Kier molecular flexibility index (Phi) is 5.37. The molecule has 5 nitrogen and oxygen atoms in total. The van der Waals surface area contributed by atoms with Gasteiger partial charge in [-0.1, -0.05) is 30.8 Å². The fourth-order valence-corrected chi connectivity index (χ4v) is 3.07. The summed E-state index contributed by atoms with van der Waals surface area (Å²) in [5.74, 6) is 0.971.